The Balaban J connectivity index is 1.34. The van der Waals surface area contributed by atoms with Crippen molar-refractivity contribution in [3.8, 4) is 0 Å². The molecule has 1 aromatic heterocycles. The monoisotopic (exact) mass is 341 g/mol. The average Bonchev–Trinajstić information content (AvgIpc) is 3.47. The number of ether oxygens (including phenoxy) is 1. The fraction of sp³-hybridized carbons (Fsp3) is 0.474. The van der Waals surface area contributed by atoms with Crippen LogP contribution in [0.1, 0.15) is 31.2 Å². The van der Waals surface area contributed by atoms with Crippen LogP contribution in [0.2, 0.25) is 0 Å². The molecule has 2 fully saturated rings. The molecule has 4 nitrogen and oxygen atoms in total. The van der Waals surface area contributed by atoms with Gasteiger partial charge in [-0.1, -0.05) is 30.3 Å². The maximum absolute atomic E-state index is 5.90. The molecule has 1 N–H and O–H groups in total. The van der Waals surface area contributed by atoms with E-state index < -0.39 is 0 Å². The van der Waals surface area contributed by atoms with Gasteiger partial charge in [-0.15, -0.1) is 11.8 Å². The van der Waals surface area contributed by atoms with Crippen LogP contribution in [-0.2, 0) is 10.5 Å². The number of hydrogen-bond donors (Lipinski definition) is 1. The molecule has 0 radical (unpaired) electrons. The summed E-state index contributed by atoms with van der Waals surface area (Å²) >= 11 is 1.73. The Hall–Kier alpha value is -1.59. The number of aromatic nitrogens is 2. The molecule has 2 aromatic rings. The smallest absolute Gasteiger partial charge is 0.146 e. The van der Waals surface area contributed by atoms with Gasteiger partial charge in [0, 0.05) is 18.4 Å². The molecular weight excluding hydrogens is 318 g/mol. The quantitative estimate of drug-likeness (QED) is 0.800. The molecule has 0 spiro atoms. The Labute approximate surface area is 147 Å². The Morgan fingerprint density at radius 3 is 2.83 bits per heavy atom. The zero-order valence-corrected chi connectivity index (χ0v) is 14.5. The van der Waals surface area contributed by atoms with Crippen LogP contribution in [0.4, 0.5) is 5.82 Å². The first-order chi connectivity index (χ1) is 11.9. The lowest BCUT2D eigenvalue weighted by atomic mass is 10.0. The highest BCUT2D eigenvalue weighted by molar-refractivity contribution is 7.98. The average molecular weight is 341 g/mol. The van der Waals surface area contributed by atoms with E-state index in [1.54, 1.807) is 11.8 Å². The summed E-state index contributed by atoms with van der Waals surface area (Å²) < 4.78 is 5.90. The summed E-state index contributed by atoms with van der Waals surface area (Å²) in [7, 11) is 0. The van der Waals surface area contributed by atoms with Gasteiger partial charge in [0.05, 0.1) is 18.5 Å². The second-order valence-electron chi connectivity index (χ2n) is 6.63. The summed E-state index contributed by atoms with van der Waals surface area (Å²) in [6, 6.07) is 10.9. The molecule has 2 atom stereocenters. The lowest BCUT2D eigenvalue weighted by molar-refractivity contribution is -0.00224. The molecule has 1 aromatic carbocycles. The molecule has 2 aliphatic rings. The minimum absolute atomic E-state index is 0.444. The van der Waals surface area contributed by atoms with Gasteiger partial charge in [0.15, 0.2) is 0 Å². The molecule has 24 heavy (non-hydrogen) atoms. The van der Waals surface area contributed by atoms with Gasteiger partial charge in [-0.3, -0.25) is 4.98 Å². The van der Waals surface area contributed by atoms with E-state index in [0.29, 0.717) is 12.1 Å². The lowest BCUT2D eigenvalue weighted by Gasteiger charge is -2.30. The van der Waals surface area contributed by atoms with Crippen molar-refractivity contribution in [1.29, 1.82) is 0 Å². The van der Waals surface area contributed by atoms with Crippen LogP contribution < -0.4 is 5.32 Å². The first kappa shape index (κ1) is 15.9. The summed E-state index contributed by atoms with van der Waals surface area (Å²) in [4.78, 5) is 9.07. The molecule has 1 aliphatic heterocycles. The van der Waals surface area contributed by atoms with Crippen molar-refractivity contribution in [2.45, 2.75) is 48.6 Å². The van der Waals surface area contributed by atoms with Gasteiger partial charge in [0.25, 0.3) is 0 Å². The van der Waals surface area contributed by atoms with Crippen LogP contribution in [0.5, 0.6) is 0 Å². The molecule has 4 rings (SSSR count). The normalized spacial score (nSPS) is 23.8. The van der Waals surface area contributed by atoms with Crippen molar-refractivity contribution in [2.24, 2.45) is 5.92 Å². The number of anilines is 1. The number of nitrogens with zero attached hydrogens (tertiary/aromatic N) is 2. The molecule has 126 valence electrons. The number of thioether (sulfide) groups is 1. The van der Waals surface area contributed by atoms with Crippen LogP contribution >= 0.6 is 11.8 Å². The van der Waals surface area contributed by atoms with Gasteiger partial charge in [-0.2, -0.15) is 0 Å². The third-order valence-electron chi connectivity index (χ3n) is 4.66. The number of hydrogen-bond acceptors (Lipinski definition) is 5. The van der Waals surface area contributed by atoms with Crippen molar-refractivity contribution >= 4 is 17.6 Å². The minimum atomic E-state index is 0.444. The molecule has 0 bridgehead atoms. The van der Waals surface area contributed by atoms with Crippen LogP contribution in [-0.4, -0.2) is 28.7 Å². The standard InChI is InChI=1S/C19H23N3OS/c1-2-4-14(5-3-1)13-24-19-12-20-11-18(22-19)21-16-8-9-23-17(10-16)15-6-7-15/h1-5,11-12,15-17H,6-10,13H2,(H,21,22). The lowest BCUT2D eigenvalue weighted by Crippen LogP contribution is -2.35. The maximum atomic E-state index is 5.90. The Bertz CT molecular complexity index is 663. The van der Waals surface area contributed by atoms with E-state index in [-0.39, 0.29) is 0 Å². The van der Waals surface area contributed by atoms with Gasteiger partial charge in [-0.05, 0) is 37.2 Å². The van der Waals surface area contributed by atoms with Gasteiger partial charge in [0.1, 0.15) is 10.8 Å². The van der Waals surface area contributed by atoms with E-state index >= 15 is 0 Å². The zero-order valence-electron chi connectivity index (χ0n) is 13.7. The minimum Gasteiger partial charge on any atom is -0.378 e. The van der Waals surface area contributed by atoms with Crippen molar-refractivity contribution < 1.29 is 4.74 Å². The van der Waals surface area contributed by atoms with Crippen LogP contribution in [0.15, 0.2) is 47.8 Å². The molecule has 0 amide bonds. The fourth-order valence-electron chi connectivity index (χ4n) is 3.18. The Kier molecular flexibility index (Phi) is 4.99. The SMILES string of the molecule is c1ccc(CSc2cncc(NC3CCOC(C4CC4)C3)n2)cc1. The van der Waals surface area contributed by atoms with Crippen molar-refractivity contribution in [2.75, 3.05) is 11.9 Å². The molecule has 1 saturated heterocycles. The largest absolute Gasteiger partial charge is 0.378 e. The molecule has 2 heterocycles. The number of nitrogens with one attached hydrogen (secondary N) is 1. The third kappa shape index (κ3) is 4.28. The summed E-state index contributed by atoms with van der Waals surface area (Å²) in [6.45, 7) is 0.856. The topological polar surface area (TPSA) is 47.0 Å². The first-order valence-electron chi connectivity index (χ1n) is 8.74. The second kappa shape index (κ2) is 7.53. The summed E-state index contributed by atoms with van der Waals surface area (Å²) in [6.07, 6.45) is 8.93. The van der Waals surface area contributed by atoms with Crippen molar-refractivity contribution in [3.05, 3.63) is 48.3 Å². The molecular formula is C19H23N3OS. The molecule has 5 heteroatoms. The number of rotatable bonds is 6. The van der Waals surface area contributed by atoms with E-state index in [4.69, 9.17) is 9.72 Å². The molecule has 1 saturated carbocycles. The summed E-state index contributed by atoms with van der Waals surface area (Å²) in [5.41, 5.74) is 1.30. The maximum Gasteiger partial charge on any atom is 0.146 e. The predicted molar refractivity (Wildman–Crippen MR) is 97.1 cm³/mol. The van der Waals surface area contributed by atoms with E-state index in [9.17, 15) is 0 Å². The zero-order chi connectivity index (χ0) is 16.2. The van der Waals surface area contributed by atoms with Crippen LogP contribution in [0.3, 0.4) is 0 Å². The summed E-state index contributed by atoms with van der Waals surface area (Å²) in [5, 5.41) is 4.53. The van der Waals surface area contributed by atoms with E-state index in [2.05, 4.69) is 34.6 Å². The van der Waals surface area contributed by atoms with E-state index in [1.165, 1.54) is 18.4 Å². The Morgan fingerprint density at radius 2 is 2.00 bits per heavy atom. The molecule has 1 aliphatic carbocycles. The van der Waals surface area contributed by atoms with Crippen LogP contribution in [0.25, 0.3) is 0 Å². The van der Waals surface area contributed by atoms with E-state index in [1.807, 2.05) is 18.5 Å². The fourth-order valence-corrected chi connectivity index (χ4v) is 3.99. The highest BCUT2D eigenvalue weighted by Crippen LogP contribution is 2.38. The highest BCUT2D eigenvalue weighted by Gasteiger charge is 2.35. The Morgan fingerprint density at radius 1 is 1.12 bits per heavy atom. The highest BCUT2D eigenvalue weighted by atomic mass is 32.2. The predicted octanol–water partition coefficient (Wildman–Crippen LogP) is 4.14. The molecule has 2 unspecified atom stereocenters. The van der Waals surface area contributed by atoms with Gasteiger partial charge < -0.3 is 10.1 Å². The van der Waals surface area contributed by atoms with E-state index in [0.717, 1.165) is 42.0 Å². The third-order valence-corrected chi connectivity index (χ3v) is 5.63. The van der Waals surface area contributed by atoms with Gasteiger partial charge >= 0.3 is 0 Å². The van der Waals surface area contributed by atoms with Crippen molar-refractivity contribution in [3.63, 3.8) is 0 Å². The second-order valence-corrected chi connectivity index (χ2v) is 7.62. The summed E-state index contributed by atoms with van der Waals surface area (Å²) in [5.74, 6) is 2.60. The van der Waals surface area contributed by atoms with Crippen molar-refractivity contribution in [1.82, 2.24) is 9.97 Å². The van der Waals surface area contributed by atoms with Crippen LogP contribution in [0, 0.1) is 5.92 Å². The van der Waals surface area contributed by atoms with Gasteiger partial charge in [-0.25, -0.2) is 4.98 Å². The number of benzene rings is 1. The van der Waals surface area contributed by atoms with Gasteiger partial charge in [0.2, 0.25) is 0 Å². The first-order valence-corrected chi connectivity index (χ1v) is 9.72.